The first-order valence-corrected chi connectivity index (χ1v) is 6.45. The lowest BCUT2D eigenvalue weighted by molar-refractivity contribution is 0.115. The van der Waals surface area contributed by atoms with Gasteiger partial charge in [0.1, 0.15) is 6.10 Å². The van der Waals surface area contributed by atoms with E-state index in [9.17, 15) is 0 Å². The van der Waals surface area contributed by atoms with Crippen LogP contribution in [0, 0.1) is 0 Å². The first-order chi connectivity index (χ1) is 9.22. The Kier molecular flexibility index (Phi) is 4.71. The van der Waals surface area contributed by atoms with Crippen LogP contribution < -0.4 is 5.32 Å². The molecule has 1 N–H and O–H groups in total. The maximum Gasteiger partial charge on any atom is 0.181 e. The van der Waals surface area contributed by atoms with E-state index in [1.807, 2.05) is 30.3 Å². The first-order valence-electron chi connectivity index (χ1n) is 6.45. The van der Waals surface area contributed by atoms with Crippen LogP contribution in [0.3, 0.4) is 0 Å². The predicted molar refractivity (Wildman–Crippen MR) is 73.8 cm³/mol. The number of nitrogens with zero attached hydrogens (tertiary/aromatic N) is 1. The number of hydrogen-bond donors (Lipinski definition) is 1. The third kappa shape index (κ3) is 3.43. The number of methoxy groups -OCH3 is 1. The van der Waals surface area contributed by atoms with Crippen molar-refractivity contribution in [2.75, 3.05) is 7.11 Å². The van der Waals surface area contributed by atoms with Gasteiger partial charge in [0.2, 0.25) is 0 Å². The Morgan fingerprint density at radius 3 is 2.63 bits per heavy atom. The second-order valence-electron chi connectivity index (χ2n) is 4.73. The van der Waals surface area contributed by atoms with Crippen molar-refractivity contribution in [3.05, 3.63) is 53.7 Å². The van der Waals surface area contributed by atoms with Gasteiger partial charge in [-0.2, -0.15) is 0 Å². The maximum absolute atomic E-state index is 5.57. The van der Waals surface area contributed by atoms with Crippen LogP contribution in [0.15, 0.2) is 41.1 Å². The second-order valence-corrected chi connectivity index (χ2v) is 4.73. The fraction of sp³-hybridized carbons (Fsp3) is 0.400. The van der Waals surface area contributed by atoms with Gasteiger partial charge in [0.25, 0.3) is 0 Å². The molecule has 1 unspecified atom stereocenters. The van der Waals surface area contributed by atoms with Gasteiger partial charge in [-0.1, -0.05) is 44.2 Å². The van der Waals surface area contributed by atoms with Gasteiger partial charge in [-0.25, -0.2) is 4.98 Å². The molecule has 0 bridgehead atoms. The monoisotopic (exact) mass is 260 g/mol. The Balaban J connectivity index is 2.22. The third-order valence-corrected chi connectivity index (χ3v) is 2.93. The topological polar surface area (TPSA) is 47.3 Å². The summed E-state index contributed by atoms with van der Waals surface area (Å²) in [6.45, 7) is 4.88. The molecule has 102 valence electrons. The Labute approximate surface area is 113 Å². The largest absolute Gasteiger partial charge is 0.445 e. The fourth-order valence-electron chi connectivity index (χ4n) is 1.95. The molecule has 1 aromatic heterocycles. The highest BCUT2D eigenvalue weighted by Gasteiger charge is 2.21. The van der Waals surface area contributed by atoms with E-state index in [2.05, 4.69) is 24.1 Å². The zero-order valence-electron chi connectivity index (χ0n) is 11.6. The quantitative estimate of drug-likeness (QED) is 0.867. The third-order valence-electron chi connectivity index (χ3n) is 2.93. The van der Waals surface area contributed by atoms with Crippen LogP contribution in [0.5, 0.6) is 0 Å². The summed E-state index contributed by atoms with van der Waals surface area (Å²) in [5.41, 5.74) is 1.96. The fourth-order valence-corrected chi connectivity index (χ4v) is 1.95. The number of hydrogen-bond acceptors (Lipinski definition) is 4. The molecule has 0 fully saturated rings. The van der Waals surface area contributed by atoms with E-state index >= 15 is 0 Å². The van der Waals surface area contributed by atoms with Crippen LogP contribution in [0.1, 0.15) is 37.0 Å². The Morgan fingerprint density at radius 1 is 1.26 bits per heavy atom. The van der Waals surface area contributed by atoms with Crippen LogP contribution in [-0.2, 0) is 11.3 Å². The molecule has 1 atom stereocenters. The van der Waals surface area contributed by atoms with E-state index in [-0.39, 0.29) is 6.10 Å². The van der Waals surface area contributed by atoms with Crippen LogP contribution in [0.4, 0.5) is 0 Å². The molecule has 0 aliphatic rings. The first kappa shape index (κ1) is 13.8. The van der Waals surface area contributed by atoms with Gasteiger partial charge >= 0.3 is 0 Å². The highest BCUT2D eigenvalue weighted by molar-refractivity contribution is 5.26. The van der Waals surface area contributed by atoms with Crippen molar-refractivity contribution >= 4 is 0 Å². The maximum atomic E-state index is 5.57. The lowest BCUT2D eigenvalue weighted by atomic mass is 10.1. The lowest BCUT2D eigenvalue weighted by Crippen LogP contribution is -2.23. The molecule has 0 radical (unpaired) electrons. The SMILES string of the molecule is COC(c1ccccc1)c1ocnc1CNC(C)C. The molecular weight excluding hydrogens is 240 g/mol. The zero-order valence-corrected chi connectivity index (χ0v) is 11.6. The summed E-state index contributed by atoms with van der Waals surface area (Å²) in [5.74, 6) is 0.766. The van der Waals surface area contributed by atoms with Gasteiger partial charge in [0.05, 0.1) is 5.69 Å². The van der Waals surface area contributed by atoms with Crippen LogP contribution in [0.2, 0.25) is 0 Å². The molecule has 0 saturated carbocycles. The van der Waals surface area contributed by atoms with Crippen molar-refractivity contribution in [1.29, 1.82) is 0 Å². The minimum absolute atomic E-state index is 0.215. The molecule has 0 aliphatic carbocycles. The van der Waals surface area contributed by atoms with E-state index < -0.39 is 0 Å². The minimum atomic E-state index is -0.215. The predicted octanol–water partition coefficient (Wildman–Crippen LogP) is 2.91. The second kappa shape index (κ2) is 6.50. The Morgan fingerprint density at radius 2 is 2.00 bits per heavy atom. The van der Waals surface area contributed by atoms with E-state index in [1.54, 1.807) is 7.11 Å². The summed E-state index contributed by atoms with van der Waals surface area (Å²) in [5, 5.41) is 3.34. The summed E-state index contributed by atoms with van der Waals surface area (Å²) in [7, 11) is 1.68. The number of ether oxygens (including phenoxy) is 1. The average Bonchev–Trinajstić information content (AvgIpc) is 2.87. The molecular formula is C15H20N2O2. The summed E-state index contributed by atoms with van der Waals surface area (Å²) in [6.07, 6.45) is 1.26. The van der Waals surface area contributed by atoms with Gasteiger partial charge in [0.15, 0.2) is 12.2 Å². The van der Waals surface area contributed by atoms with Crippen molar-refractivity contribution in [3.8, 4) is 0 Å². The van der Waals surface area contributed by atoms with Gasteiger partial charge in [-0.3, -0.25) is 0 Å². The number of rotatable bonds is 6. The normalized spacial score (nSPS) is 12.8. The number of aromatic nitrogens is 1. The van der Waals surface area contributed by atoms with Crippen molar-refractivity contribution in [1.82, 2.24) is 10.3 Å². The van der Waals surface area contributed by atoms with Crippen molar-refractivity contribution in [2.45, 2.75) is 32.5 Å². The van der Waals surface area contributed by atoms with Crippen LogP contribution in [-0.4, -0.2) is 18.1 Å². The molecule has 1 heterocycles. The Hall–Kier alpha value is -1.65. The molecule has 0 amide bonds. The van der Waals surface area contributed by atoms with E-state index in [1.165, 1.54) is 6.39 Å². The molecule has 0 saturated heterocycles. The summed E-state index contributed by atoms with van der Waals surface area (Å²) < 4.78 is 11.1. The molecule has 0 spiro atoms. The molecule has 19 heavy (non-hydrogen) atoms. The summed E-state index contributed by atoms with van der Waals surface area (Å²) in [4.78, 5) is 4.27. The van der Waals surface area contributed by atoms with Crippen molar-refractivity contribution in [3.63, 3.8) is 0 Å². The molecule has 0 aliphatic heterocycles. The van der Waals surface area contributed by atoms with E-state index in [4.69, 9.17) is 9.15 Å². The van der Waals surface area contributed by atoms with Crippen molar-refractivity contribution in [2.24, 2.45) is 0 Å². The number of oxazole rings is 1. The van der Waals surface area contributed by atoms with Gasteiger partial charge in [-0.15, -0.1) is 0 Å². The Bertz CT molecular complexity index is 494. The number of benzene rings is 1. The molecule has 4 nitrogen and oxygen atoms in total. The van der Waals surface area contributed by atoms with Gasteiger partial charge < -0.3 is 14.5 Å². The lowest BCUT2D eigenvalue weighted by Gasteiger charge is -2.15. The van der Waals surface area contributed by atoms with Gasteiger partial charge in [0, 0.05) is 19.7 Å². The summed E-state index contributed by atoms with van der Waals surface area (Å²) >= 11 is 0. The molecule has 1 aromatic carbocycles. The minimum Gasteiger partial charge on any atom is -0.445 e. The van der Waals surface area contributed by atoms with Gasteiger partial charge in [-0.05, 0) is 5.56 Å². The molecule has 4 heteroatoms. The van der Waals surface area contributed by atoms with E-state index in [0.717, 1.165) is 17.0 Å². The molecule has 2 rings (SSSR count). The van der Waals surface area contributed by atoms with Crippen molar-refractivity contribution < 1.29 is 9.15 Å². The van der Waals surface area contributed by atoms with E-state index in [0.29, 0.717) is 12.6 Å². The molecule has 2 aromatic rings. The summed E-state index contributed by atoms with van der Waals surface area (Å²) in [6, 6.07) is 10.4. The standard InChI is InChI=1S/C15H20N2O2/c1-11(2)16-9-13-15(19-10-17-13)14(18-3)12-7-5-4-6-8-12/h4-8,10-11,14,16H,9H2,1-3H3. The van der Waals surface area contributed by atoms with Crippen LogP contribution >= 0.6 is 0 Å². The number of nitrogens with one attached hydrogen (secondary N) is 1. The van der Waals surface area contributed by atoms with Crippen LogP contribution in [0.25, 0.3) is 0 Å². The zero-order chi connectivity index (χ0) is 13.7. The highest BCUT2D eigenvalue weighted by atomic mass is 16.5. The average molecular weight is 260 g/mol. The smallest absolute Gasteiger partial charge is 0.181 e. The highest BCUT2D eigenvalue weighted by Crippen LogP contribution is 2.27.